The van der Waals surface area contributed by atoms with Gasteiger partial charge in [-0.15, -0.1) is 0 Å². The maximum absolute atomic E-state index is 5.59. The van der Waals surface area contributed by atoms with Crippen LogP contribution in [0, 0.1) is 5.41 Å². The predicted molar refractivity (Wildman–Crippen MR) is 41.8 cm³/mol. The molecular weight excluding hydrogens is 126 g/mol. The zero-order valence-corrected chi connectivity index (χ0v) is 7.27. The molecule has 0 radical (unpaired) electrons. The lowest BCUT2D eigenvalue weighted by atomic mass is 9.86. The van der Waals surface area contributed by atoms with Crippen LogP contribution >= 0.6 is 0 Å². The molecule has 0 aromatic heterocycles. The van der Waals surface area contributed by atoms with E-state index in [4.69, 9.17) is 4.74 Å². The van der Waals surface area contributed by atoms with E-state index in [9.17, 15) is 0 Å². The number of rotatable bonds is 0. The molecule has 1 heterocycles. The Kier molecular flexibility index (Phi) is 2.02. The van der Waals surface area contributed by atoms with Crippen molar-refractivity contribution in [2.45, 2.75) is 40.0 Å². The van der Waals surface area contributed by atoms with Crippen molar-refractivity contribution < 1.29 is 4.74 Å². The average Bonchev–Trinajstić information content (AvgIpc) is 1.81. The van der Waals surface area contributed by atoms with Crippen molar-refractivity contribution >= 4 is 0 Å². The summed E-state index contributed by atoms with van der Waals surface area (Å²) in [6.45, 7) is 9.67. The molecule has 1 N–H and O–H groups in total. The van der Waals surface area contributed by atoms with Gasteiger partial charge in [0, 0.05) is 12.0 Å². The van der Waals surface area contributed by atoms with Crippen LogP contribution in [0.25, 0.3) is 0 Å². The van der Waals surface area contributed by atoms with Crippen molar-refractivity contribution in [3.8, 4) is 0 Å². The molecular formula is C8H17NO. The molecule has 10 heavy (non-hydrogen) atoms. The minimum absolute atomic E-state index is 0.225. The third-order valence-corrected chi connectivity index (χ3v) is 2.35. The topological polar surface area (TPSA) is 21.3 Å². The summed E-state index contributed by atoms with van der Waals surface area (Å²) in [5.41, 5.74) is 0.284. The normalized spacial score (nSPS) is 39.6. The molecule has 0 aliphatic carbocycles. The minimum Gasteiger partial charge on any atom is -0.360 e. The van der Waals surface area contributed by atoms with Gasteiger partial charge in [-0.05, 0) is 13.8 Å². The highest BCUT2D eigenvalue weighted by molar-refractivity contribution is 4.82. The van der Waals surface area contributed by atoms with Crippen LogP contribution in [-0.2, 0) is 4.74 Å². The standard InChI is InChI=1S/C8H17NO/c1-6-8(3,4)5-9-7(2)10-6/h6-7,9H,5H2,1-4H3. The van der Waals surface area contributed by atoms with Crippen molar-refractivity contribution in [3.05, 3.63) is 0 Å². The van der Waals surface area contributed by atoms with Crippen LogP contribution in [0.5, 0.6) is 0 Å². The largest absolute Gasteiger partial charge is 0.360 e. The summed E-state index contributed by atoms with van der Waals surface area (Å²) in [6, 6.07) is 0. The van der Waals surface area contributed by atoms with Crippen LogP contribution in [0.3, 0.4) is 0 Å². The van der Waals surface area contributed by atoms with Gasteiger partial charge in [0.2, 0.25) is 0 Å². The first-order valence-corrected chi connectivity index (χ1v) is 3.91. The lowest BCUT2D eigenvalue weighted by molar-refractivity contribution is -0.106. The highest BCUT2D eigenvalue weighted by atomic mass is 16.5. The van der Waals surface area contributed by atoms with Crippen LogP contribution in [-0.4, -0.2) is 18.9 Å². The van der Waals surface area contributed by atoms with Crippen LogP contribution in [0.4, 0.5) is 0 Å². The van der Waals surface area contributed by atoms with Gasteiger partial charge in [-0.1, -0.05) is 13.8 Å². The molecule has 0 aromatic carbocycles. The second-order valence-electron chi connectivity index (χ2n) is 3.79. The van der Waals surface area contributed by atoms with E-state index in [2.05, 4.69) is 26.1 Å². The molecule has 1 aliphatic rings. The smallest absolute Gasteiger partial charge is 0.105 e. The molecule has 0 amide bonds. The average molecular weight is 143 g/mol. The summed E-state index contributed by atoms with van der Waals surface area (Å²) in [4.78, 5) is 0. The van der Waals surface area contributed by atoms with E-state index >= 15 is 0 Å². The van der Waals surface area contributed by atoms with Gasteiger partial charge < -0.3 is 4.74 Å². The van der Waals surface area contributed by atoms with Crippen LogP contribution < -0.4 is 5.32 Å². The fourth-order valence-corrected chi connectivity index (χ4v) is 1.09. The Hall–Kier alpha value is -0.0800. The van der Waals surface area contributed by atoms with Crippen molar-refractivity contribution in [1.82, 2.24) is 5.32 Å². The Morgan fingerprint density at radius 2 is 2.00 bits per heavy atom. The highest BCUT2D eigenvalue weighted by Gasteiger charge is 2.32. The van der Waals surface area contributed by atoms with E-state index in [-0.39, 0.29) is 11.6 Å². The quantitative estimate of drug-likeness (QED) is 0.553. The molecule has 0 saturated carbocycles. The van der Waals surface area contributed by atoms with Crippen molar-refractivity contribution in [1.29, 1.82) is 0 Å². The molecule has 0 bridgehead atoms. The molecule has 60 valence electrons. The molecule has 0 spiro atoms. The second-order valence-corrected chi connectivity index (χ2v) is 3.79. The van der Waals surface area contributed by atoms with Crippen molar-refractivity contribution in [2.24, 2.45) is 5.41 Å². The summed E-state index contributed by atoms with van der Waals surface area (Å²) in [5, 5.41) is 3.28. The fraction of sp³-hybridized carbons (Fsp3) is 1.00. The van der Waals surface area contributed by atoms with Gasteiger partial charge >= 0.3 is 0 Å². The maximum atomic E-state index is 5.59. The first kappa shape index (κ1) is 8.02. The Bertz CT molecular complexity index is 122. The van der Waals surface area contributed by atoms with E-state index in [0.717, 1.165) is 6.54 Å². The molecule has 1 fully saturated rings. The van der Waals surface area contributed by atoms with Crippen LogP contribution in [0.15, 0.2) is 0 Å². The van der Waals surface area contributed by atoms with Gasteiger partial charge in [0.15, 0.2) is 0 Å². The minimum atomic E-state index is 0.225. The fourth-order valence-electron chi connectivity index (χ4n) is 1.09. The molecule has 1 rings (SSSR count). The molecule has 2 nitrogen and oxygen atoms in total. The summed E-state index contributed by atoms with van der Waals surface area (Å²) in [5.74, 6) is 0. The Morgan fingerprint density at radius 1 is 1.40 bits per heavy atom. The maximum Gasteiger partial charge on any atom is 0.105 e. The number of hydrogen-bond acceptors (Lipinski definition) is 2. The zero-order valence-electron chi connectivity index (χ0n) is 7.27. The number of ether oxygens (including phenoxy) is 1. The van der Waals surface area contributed by atoms with E-state index in [1.165, 1.54) is 0 Å². The van der Waals surface area contributed by atoms with Crippen LogP contribution in [0.1, 0.15) is 27.7 Å². The van der Waals surface area contributed by atoms with E-state index in [0.29, 0.717) is 6.10 Å². The first-order valence-electron chi connectivity index (χ1n) is 3.91. The van der Waals surface area contributed by atoms with Gasteiger partial charge in [-0.2, -0.15) is 0 Å². The Morgan fingerprint density at radius 3 is 2.40 bits per heavy atom. The molecule has 0 aromatic rings. The third kappa shape index (κ3) is 1.50. The zero-order chi connectivity index (χ0) is 7.78. The van der Waals surface area contributed by atoms with E-state index < -0.39 is 0 Å². The van der Waals surface area contributed by atoms with Crippen LogP contribution in [0.2, 0.25) is 0 Å². The van der Waals surface area contributed by atoms with Crippen molar-refractivity contribution in [3.63, 3.8) is 0 Å². The summed E-state index contributed by atoms with van der Waals surface area (Å²) < 4.78 is 5.59. The second kappa shape index (κ2) is 2.51. The Balaban J connectivity index is 2.52. The van der Waals surface area contributed by atoms with E-state index in [1.54, 1.807) is 0 Å². The van der Waals surface area contributed by atoms with Gasteiger partial charge in [-0.3, -0.25) is 5.32 Å². The predicted octanol–water partition coefficient (Wildman–Crippen LogP) is 1.37. The van der Waals surface area contributed by atoms with Gasteiger partial charge in [0.1, 0.15) is 6.23 Å². The Labute approximate surface area is 63.0 Å². The molecule has 1 aliphatic heterocycles. The molecule has 2 heteroatoms. The SMILES string of the molecule is CC1NCC(C)(C)C(C)O1. The van der Waals surface area contributed by atoms with Gasteiger partial charge in [-0.25, -0.2) is 0 Å². The summed E-state index contributed by atoms with van der Waals surface area (Å²) in [7, 11) is 0. The molecule has 1 saturated heterocycles. The van der Waals surface area contributed by atoms with Crippen molar-refractivity contribution in [2.75, 3.05) is 6.54 Å². The van der Waals surface area contributed by atoms with Gasteiger partial charge in [0.05, 0.1) is 6.10 Å². The number of nitrogens with one attached hydrogen (secondary N) is 1. The summed E-state index contributed by atoms with van der Waals surface area (Å²) in [6.07, 6.45) is 0.590. The first-order chi connectivity index (χ1) is 4.52. The lowest BCUT2D eigenvalue weighted by Gasteiger charge is -2.40. The van der Waals surface area contributed by atoms with Gasteiger partial charge in [0.25, 0.3) is 0 Å². The van der Waals surface area contributed by atoms with E-state index in [1.807, 2.05) is 6.92 Å². The highest BCUT2D eigenvalue weighted by Crippen LogP contribution is 2.26. The lowest BCUT2D eigenvalue weighted by Crippen LogP contribution is -2.51. The third-order valence-electron chi connectivity index (χ3n) is 2.35. The summed E-state index contributed by atoms with van der Waals surface area (Å²) >= 11 is 0. The number of hydrogen-bond donors (Lipinski definition) is 1. The molecule has 2 atom stereocenters. The molecule has 2 unspecified atom stereocenters. The monoisotopic (exact) mass is 143 g/mol.